The summed E-state index contributed by atoms with van der Waals surface area (Å²) in [5.74, 6) is -3.37. The number of amides is 1. The minimum absolute atomic E-state index is 0.0426. The van der Waals surface area contributed by atoms with Gasteiger partial charge in [-0.15, -0.1) is 0 Å². The van der Waals surface area contributed by atoms with Gasteiger partial charge in [-0.25, -0.2) is 4.79 Å². The van der Waals surface area contributed by atoms with Gasteiger partial charge in [-0.1, -0.05) is 27.2 Å². The molecule has 4 heterocycles. The Bertz CT molecular complexity index is 1120. The number of Topliss-reactive ketones (excluding diaryl/α,β-unsaturated/α-hetero) is 1. The van der Waals surface area contributed by atoms with Gasteiger partial charge in [0.1, 0.15) is 11.9 Å². The van der Waals surface area contributed by atoms with Crippen LogP contribution in [-0.4, -0.2) is 128 Å². The first-order valence-electron chi connectivity index (χ1n) is 18.2. The van der Waals surface area contributed by atoms with Crippen LogP contribution in [0.25, 0.3) is 0 Å². The second kappa shape index (κ2) is 16.0. The van der Waals surface area contributed by atoms with Gasteiger partial charge >= 0.3 is 12.1 Å². The van der Waals surface area contributed by atoms with E-state index in [0.717, 1.165) is 32.4 Å². The number of cyclic esters (lactones) is 1. The maximum absolute atomic E-state index is 14.2. The van der Waals surface area contributed by atoms with E-state index in [1.54, 1.807) is 27.9 Å². The summed E-state index contributed by atoms with van der Waals surface area (Å²) in [7, 11) is 5.66. The third-order valence-corrected chi connectivity index (χ3v) is 11.9. The average molecular weight is 682 g/mol. The normalized spacial score (nSPS) is 44.0. The summed E-state index contributed by atoms with van der Waals surface area (Å²) >= 11 is 0. The number of methoxy groups -OCH3 is 1. The van der Waals surface area contributed by atoms with Crippen LogP contribution >= 0.6 is 0 Å². The molecule has 4 aliphatic rings. The number of hydrogen-bond donors (Lipinski definition) is 2. The Labute approximate surface area is 287 Å². The van der Waals surface area contributed by atoms with Gasteiger partial charge in [0.05, 0.1) is 35.9 Å². The zero-order valence-electron chi connectivity index (χ0n) is 31.0. The van der Waals surface area contributed by atoms with Crippen molar-refractivity contribution in [2.24, 2.45) is 23.7 Å². The smallest absolute Gasteiger partial charge is 0.408 e. The fraction of sp³-hybridized carbons (Fsp3) is 0.917. The van der Waals surface area contributed by atoms with Crippen molar-refractivity contribution in [2.75, 3.05) is 40.8 Å². The van der Waals surface area contributed by atoms with Gasteiger partial charge in [0.2, 0.25) is 0 Å². The van der Waals surface area contributed by atoms with Gasteiger partial charge in [0.25, 0.3) is 0 Å². The number of hydrogen-bond acceptors (Lipinski definition) is 11. The number of alkyl carbamates (subject to hydrolysis) is 1. The number of rotatable bonds is 7. The van der Waals surface area contributed by atoms with E-state index in [0.29, 0.717) is 19.4 Å². The van der Waals surface area contributed by atoms with Crippen LogP contribution in [0.5, 0.6) is 0 Å². The molecular formula is C36H63N3O9. The molecule has 0 aromatic carbocycles. The summed E-state index contributed by atoms with van der Waals surface area (Å²) in [5.41, 5.74) is -2.35. The zero-order valence-corrected chi connectivity index (χ0v) is 31.0. The highest BCUT2D eigenvalue weighted by atomic mass is 16.7. The Kier molecular flexibility index (Phi) is 13.0. The first-order valence-corrected chi connectivity index (χ1v) is 18.2. The van der Waals surface area contributed by atoms with E-state index < -0.39 is 77.6 Å². The number of aliphatic hydroxyl groups is 1. The van der Waals surface area contributed by atoms with E-state index in [4.69, 9.17) is 23.7 Å². The molecule has 0 aliphatic carbocycles. The van der Waals surface area contributed by atoms with Gasteiger partial charge in [-0.05, 0) is 80.6 Å². The largest absolute Gasteiger partial charge is 0.458 e. The number of ether oxygens (including phenoxy) is 5. The number of ketones is 1. The second-order valence-electron chi connectivity index (χ2n) is 15.8. The van der Waals surface area contributed by atoms with Crippen LogP contribution in [0.4, 0.5) is 4.79 Å². The van der Waals surface area contributed by atoms with Crippen LogP contribution in [0.1, 0.15) is 93.4 Å². The lowest BCUT2D eigenvalue weighted by Gasteiger charge is -2.47. The molecular weight excluding hydrogens is 618 g/mol. The molecule has 0 radical (unpaired) electrons. The fourth-order valence-electron chi connectivity index (χ4n) is 8.62. The molecule has 4 saturated heterocycles. The molecule has 0 aromatic heterocycles. The maximum atomic E-state index is 14.2. The van der Waals surface area contributed by atoms with E-state index in [9.17, 15) is 19.5 Å². The van der Waals surface area contributed by atoms with E-state index in [1.807, 2.05) is 41.8 Å². The van der Waals surface area contributed by atoms with Gasteiger partial charge in [0.15, 0.2) is 11.9 Å². The minimum atomic E-state index is -1.30. The van der Waals surface area contributed by atoms with Gasteiger partial charge in [-0.3, -0.25) is 9.59 Å². The second-order valence-corrected chi connectivity index (χ2v) is 15.8. The van der Waals surface area contributed by atoms with Crippen LogP contribution in [0.2, 0.25) is 0 Å². The molecule has 0 saturated carbocycles. The molecule has 13 atom stereocenters. The van der Waals surface area contributed by atoms with Crippen molar-refractivity contribution >= 4 is 17.8 Å². The number of piperidine rings is 1. The summed E-state index contributed by atoms with van der Waals surface area (Å²) in [4.78, 5) is 45.6. The Morgan fingerprint density at radius 1 is 1.00 bits per heavy atom. The maximum Gasteiger partial charge on any atom is 0.408 e. The van der Waals surface area contributed by atoms with Crippen LogP contribution in [-0.2, 0) is 33.3 Å². The van der Waals surface area contributed by atoms with E-state index >= 15 is 0 Å². The SMILES string of the molecule is CO[C@]1(C)C[C@@H](C)C(=O)[C@H](C)[C@H]2NC(=O)O[C@]2(C)[C@@H](CCN2CCCCC2)OC(=O)[C@H](C)[C@@H](O)[C@H](C)[C@H]1O[C@H]1C[C@@H](N(C)C)C[C@@H](C)O1. The number of carbonyl (C=O) groups is 3. The molecule has 12 nitrogen and oxygen atoms in total. The van der Waals surface area contributed by atoms with Crippen LogP contribution in [0.15, 0.2) is 0 Å². The van der Waals surface area contributed by atoms with Crippen molar-refractivity contribution in [3.05, 3.63) is 0 Å². The number of aliphatic hydroxyl groups excluding tert-OH is 1. The zero-order chi connectivity index (χ0) is 35.6. The molecule has 0 spiro atoms. The van der Waals surface area contributed by atoms with E-state index in [1.165, 1.54) is 6.42 Å². The molecule has 0 bridgehead atoms. The van der Waals surface area contributed by atoms with E-state index in [-0.39, 0.29) is 24.3 Å². The Balaban J connectivity index is 1.71. The lowest BCUT2D eigenvalue weighted by Crippen LogP contribution is -2.59. The van der Waals surface area contributed by atoms with E-state index in [2.05, 4.69) is 15.1 Å². The number of fused-ring (bicyclic) bond motifs is 1. The predicted octanol–water partition coefficient (Wildman–Crippen LogP) is 3.76. The molecule has 276 valence electrons. The predicted molar refractivity (Wildman–Crippen MR) is 180 cm³/mol. The highest BCUT2D eigenvalue weighted by Crippen LogP contribution is 2.41. The lowest BCUT2D eigenvalue weighted by atomic mass is 9.73. The Morgan fingerprint density at radius 3 is 2.29 bits per heavy atom. The van der Waals surface area contributed by atoms with Crippen molar-refractivity contribution in [3.8, 4) is 0 Å². The molecule has 4 aliphatic heterocycles. The number of nitrogens with one attached hydrogen (secondary N) is 1. The summed E-state index contributed by atoms with van der Waals surface area (Å²) in [6.07, 6.45) is 1.57. The Morgan fingerprint density at radius 2 is 1.67 bits per heavy atom. The summed E-state index contributed by atoms with van der Waals surface area (Å²) in [5, 5.41) is 14.8. The lowest BCUT2D eigenvalue weighted by molar-refractivity contribution is -0.270. The third kappa shape index (κ3) is 8.54. The number of likely N-dealkylation sites (tertiary alicyclic amines) is 1. The number of esters is 1. The number of nitrogens with zero attached hydrogens (tertiary/aromatic N) is 2. The van der Waals surface area contributed by atoms with Crippen LogP contribution < -0.4 is 5.32 Å². The van der Waals surface area contributed by atoms with Crippen molar-refractivity contribution in [2.45, 2.75) is 147 Å². The molecule has 12 heteroatoms. The molecule has 4 fully saturated rings. The molecule has 0 aromatic rings. The molecule has 48 heavy (non-hydrogen) atoms. The molecule has 1 amide bonds. The summed E-state index contributed by atoms with van der Waals surface area (Å²) in [6.45, 7) is 15.4. The van der Waals surface area contributed by atoms with Crippen molar-refractivity contribution in [1.29, 1.82) is 0 Å². The number of carbonyl (C=O) groups excluding carboxylic acids is 3. The van der Waals surface area contributed by atoms with Gasteiger partial charge < -0.3 is 43.9 Å². The first-order chi connectivity index (χ1) is 22.5. The quantitative estimate of drug-likeness (QED) is 0.380. The highest BCUT2D eigenvalue weighted by Gasteiger charge is 2.57. The summed E-state index contributed by atoms with van der Waals surface area (Å²) in [6, 6.07) is -0.497. The van der Waals surface area contributed by atoms with Gasteiger partial charge in [0, 0.05) is 50.3 Å². The van der Waals surface area contributed by atoms with Crippen LogP contribution in [0, 0.1) is 23.7 Å². The van der Waals surface area contributed by atoms with Crippen LogP contribution in [0.3, 0.4) is 0 Å². The fourth-order valence-corrected chi connectivity index (χ4v) is 8.62. The average Bonchev–Trinajstić information content (AvgIpc) is 3.37. The third-order valence-electron chi connectivity index (χ3n) is 11.9. The van der Waals surface area contributed by atoms with Crippen molar-refractivity contribution < 1.29 is 43.2 Å². The monoisotopic (exact) mass is 681 g/mol. The molecule has 2 N–H and O–H groups in total. The van der Waals surface area contributed by atoms with Crippen molar-refractivity contribution in [1.82, 2.24) is 15.1 Å². The molecule has 4 rings (SSSR count). The highest BCUT2D eigenvalue weighted by molar-refractivity contribution is 5.85. The first kappa shape index (κ1) is 39.0. The standard InChI is InChI=1S/C36H63N3O9/c1-21-20-35(6,44-10)32(47-28-19-26(38(8)9)18-22(2)45-28)24(4)30(41)25(5)33(42)46-27(14-17-39-15-12-11-13-16-39)36(7)31(23(3)29(21)40)37-34(43)48-36/h21-28,30-32,41H,11-20H2,1-10H3,(H,37,43)/t21-,22-,23+,24+,25-,26+,27-,28+,30+,31-,32-,35-,36-/m1/s1. The molecule has 0 unspecified atom stereocenters. The minimum Gasteiger partial charge on any atom is -0.458 e. The van der Waals surface area contributed by atoms with Gasteiger partial charge in [-0.2, -0.15) is 0 Å². The van der Waals surface area contributed by atoms with Crippen molar-refractivity contribution in [3.63, 3.8) is 0 Å². The topological polar surface area (TPSA) is 136 Å². The summed E-state index contributed by atoms with van der Waals surface area (Å²) < 4.78 is 31.4. The Hall–Kier alpha value is -1.83.